The molecular formula is C12H12ClN3O2. The summed E-state index contributed by atoms with van der Waals surface area (Å²) in [5.41, 5.74) is 5.06. The second kappa shape index (κ2) is 4.42. The van der Waals surface area contributed by atoms with Crippen LogP contribution in [0.3, 0.4) is 0 Å². The minimum atomic E-state index is -0.988. The molecule has 0 aliphatic carbocycles. The van der Waals surface area contributed by atoms with Gasteiger partial charge in [0, 0.05) is 10.6 Å². The van der Waals surface area contributed by atoms with E-state index in [1.165, 1.54) is 0 Å². The van der Waals surface area contributed by atoms with E-state index in [0.29, 0.717) is 10.8 Å². The minimum absolute atomic E-state index is 0.194. The van der Waals surface area contributed by atoms with Crippen molar-refractivity contribution in [2.75, 3.05) is 0 Å². The number of rotatable bonds is 3. The van der Waals surface area contributed by atoms with Crippen LogP contribution in [0, 0.1) is 0 Å². The zero-order chi connectivity index (χ0) is 13.3. The molecule has 0 saturated carbocycles. The summed E-state index contributed by atoms with van der Waals surface area (Å²) >= 11 is 5.79. The van der Waals surface area contributed by atoms with Gasteiger partial charge in [-0.15, -0.1) is 0 Å². The van der Waals surface area contributed by atoms with Crippen molar-refractivity contribution in [3.63, 3.8) is 0 Å². The van der Waals surface area contributed by atoms with Crippen LogP contribution < -0.4 is 5.73 Å². The lowest BCUT2D eigenvalue weighted by Crippen LogP contribution is -2.35. The molecular weight excluding hydrogens is 254 g/mol. The standard InChI is InChI=1S/C12H12ClN3O2/c1-12(2,10(14)17)11-15-9(16-18-11)7-3-5-8(13)6-4-7/h3-6H,1-2H3,(H2,14,17). The second-order valence-corrected chi connectivity index (χ2v) is 4.86. The molecule has 0 spiro atoms. The molecule has 2 rings (SSSR count). The fourth-order valence-corrected chi connectivity index (χ4v) is 1.42. The number of primary amides is 1. The van der Waals surface area contributed by atoms with Gasteiger partial charge in [0.2, 0.25) is 17.6 Å². The van der Waals surface area contributed by atoms with Crippen LogP contribution >= 0.6 is 11.6 Å². The van der Waals surface area contributed by atoms with E-state index in [1.807, 2.05) is 0 Å². The average molecular weight is 266 g/mol. The first kappa shape index (κ1) is 12.6. The van der Waals surface area contributed by atoms with E-state index >= 15 is 0 Å². The Morgan fingerprint density at radius 1 is 1.33 bits per heavy atom. The molecule has 0 unspecified atom stereocenters. The Labute approximate surface area is 109 Å². The van der Waals surface area contributed by atoms with E-state index in [2.05, 4.69) is 10.1 Å². The van der Waals surface area contributed by atoms with Crippen molar-refractivity contribution in [2.45, 2.75) is 19.3 Å². The van der Waals surface area contributed by atoms with Crippen molar-refractivity contribution < 1.29 is 9.32 Å². The predicted octanol–water partition coefficient (Wildman–Crippen LogP) is 2.15. The first-order valence-electron chi connectivity index (χ1n) is 5.31. The van der Waals surface area contributed by atoms with E-state index < -0.39 is 11.3 Å². The van der Waals surface area contributed by atoms with Gasteiger partial charge in [0.05, 0.1) is 0 Å². The van der Waals surface area contributed by atoms with Crippen LogP contribution in [0.15, 0.2) is 28.8 Å². The Hall–Kier alpha value is -1.88. The largest absolute Gasteiger partial charge is 0.369 e. The molecule has 1 aromatic heterocycles. The lowest BCUT2D eigenvalue weighted by atomic mass is 9.93. The minimum Gasteiger partial charge on any atom is -0.369 e. The number of hydrogen-bond donors (Lipinski definition) is 1. The summed E-state index contributed by atoms with van der Waals surface area (Å²) < 4.78 is 5.08. The van der Waals surface area contributed by atoms with Crippen molar-refractivity contribution in [1.29, 1.82) is 0 Å². The van der Waals surface area contributed by atoms with Gasteiger partial charge in [-0.2, -0.15) is 4.98 Å². The zero-order valence-corrected chi connectivity index (χ0v) is 10.7. The Morgan fingerprint density at radius 2 is 1.94 bits per heavy atom. The molecule has 0 fully saturated rings. The maximum atomic E-state index is 11.3. The summed E-state index contributed by atoms with van der Waals surface area (Å²) in [6, 6.07) is 7.00. The summed E-state index contributed by atoms with van der Waals surface area (Å²) in [7, 11) is 0. The van der Waals surface area contributed by atoms with Crippen molar-refractivity contribution in [1.82, 2.24) is 10.1 Å². The topological polar surface area (TPSA) is 82.0 Å². The van der Waals surface area contributed by atoms with Gasteiger partial charge in [0.15, 0.2) is 0 Å². The smallest absolute Gasteiger partial charge is 0.242 e. The number of carbonyl (C=O) groups excluding carboxylic acids is 1. The van der Waals surface area contributed by atoms with E-state index in [-0.39, 0.29) is 5.89 Å². The number of nitrogens with two attached hydrogens (primary N) is 1. The third-order valence-electron chi connectivity index (χ3n) is 2.68. The number of aromatic nitrogens is 2. The maximum Gasteiger partial charge on any atom is 0.242 e. The third-order valence-corrected chi connectivity index (χ3v) is 2.93. The molecule has 0 atom stereocenters. The summed E-state index contributed by atoms with van der Waals surface area (Å²) in [4.78, 5) is 15.5. The summed E-state index contributed by atoms with van der Waals surface area (Å²) in [6.45, 7) is 3.27. The zero-order valence-electron chi connectivity index (χ0n) is 9.98. The van der Waals surface area contributed by atoms with Crippen LogP contribution in [0.2, 0.25) is 5.02 Å². The van der Waals surface area contributed by atoms with Gasteiger partial charge >= 0.3 is 0 Å². The second-order valence-electron chi connectivity index (χ2n) is 4.42. The van der Waals surface area contributed by atoms with Crippen molar-refractivity contribution >= 4 is 17.5 Å². The molecule has 0 saturated heterocycles. The van der Waals surface area contributed by atoms with E-state index in [9.17, 15) is 4.79 Å². The van der Waals surface area contributed by atoms with Gasteiger partial charge in [-0.25, -0.2) is 0 Å². The van der Waals surface area contributed by atoms with Gasteiger partial charge in [-0.05, 0) is 38.1 Å². The molecule has 0 bridgehead atoms. The van der Waals surface area contributed by atoms with Gasteiger partial charge in [-0.3, -0.25) is 4.79 Å². The molecule has 0 radical (unpaired) electrons. The molecule has 6 heteroatoms. The highest BCUT2D eigenvalue weighted by Crippen LogP contribution is 2.24. The first-order valence-corrected chi connectivity index (χ1v) is 5.69. The van der Waals surface area contributed by atoms with Crippen molar-refractivity contribution in [2.24, 2.45) is 5.73 Å². The fraction of sp³-hybridized carbons (Fsp3) is 0.250. The molecule has 5 nitrogen and oxygen atoms in total. The SMILES string of the molecule is CC(C)(C(N)=O)c1nc(-c2ccc(Cl)cc2)no1. The highest BCUT2D eigenvalue weighted by atomic mass is 35.5. The maximum absolute atomic E-state index is 11.3. The molecule has 1 heterocycles. The Morgan fingerprint density at radius 3 is 2.50 bits per heavy atom. The monoisotopic (exact) mass is 265 g/mol. The molecule has 2 aromatic rings. The van der Waals surface area contributed by atoms with Gasteiger partial charge in [0.1, 0.15) is 5.41 Å². The Bertz CT molecular complexity index is 575. The number of hydrogen-bond acceptors (Lipinski definition) is 4. The van der Waals surface area contributed by atoms with Gasteiger partial charge < -0.3 is 10.3 Å². The Kier molecular flexibility index (Phi) is 3.09. The molecule has 0 aliphatic heterocycles. The molecule has 18 heavy (non-hydrogen) atoms. The predicted molar refractivity (Wildman–Crippen MR) is 67.0 cm³/mol. The summed E-state index contributed by atoms with van der Waals surface area (Å²) in [5, 5.41) is 4.45. The number of halogens is 1. The Balaban J connectivity index is 2.37. The normalized spacial score (nSPS) is 11.5. The van der Waals surface area contributed by atoms with E-state index in [4.69, 9.17) is 21.9 Å². The highest BCUT2D eigenvalue weighted by Gasteiger charge is 2.34. The van der Waals surface area contributed by atoms with Gasteiger partial charge in [0.25, 0.3) is 0 Å². The van der Waals surface area contributed by atoms with Crippen LogP contribution in [-0.4, -0.2) is 16.0 Å². The quantitative estimate of drug-likeness (QED) is 0.922. The van der Waals surface area contributed by atoms with Crippen molar-refractivity contribution in [3.05, 3.63) is 35.2 Å². The van der Waals surface area contributed by atoms with Crippen LogP contribution in [0.5, 0.6) is 0 Å². The molecule has 1 aromatic carbocycles. The van der Waals surface area contributed by atoms with Crippen LogP contribution in [0.4, 0.5) is 0 Å². The number of amides is 1. The highest BCUT2D eigenvalue weighted by molar-refractivity contribution is 6.30. The average Bonchev–Trinajstić information content (AvgIpc) is 2.79. The summed E-state index contributed by atoms with van der Waals surface area (Å²) in [6.07, 6.45) is 0. The van der Waals surface area contributed by atoms with E-state index in [0.717, 1.165) is 5.56 Å². The van der Waals surface area contributed by atoms with Crippen LogP contribution in [0.1, 0.15) is 19.7 Å². The third kappa shape index (κ3) is 2.22. The number of benzene rings is 1. The lowest BCUT2D eigenvalue weighted by Gasteiger charge is -2.13. The fourth-order valence-electron chi connectivity index (χ4n) is 1.30. The number of carbonyl (C=O) groups is 1. The molecule has 94 valence electrons. The van der Waals surface area contributed by atoms with Crippen molar-refractivity contribution in [3.8, 4) is 11.4 Å². The van der Waals surface area contributed by atoms with E-state index in [1.54, 1.807) is 38.1 Å². The summed E-state index contributed by atoms with van der Waals surface area (Å²) in [5.74, 6) is 0.0738. The van der Waals surface area contributed by atoms with Crippen LogP contribution in [0.25, 0.3) is 11.4 Å². The first-order chi connectivity index (χ1) is 8.41. The number of nitrogens with zero attached hydrogens (tertiary/aromatic N) is 2. The lowest BCUT2D eigenvalue weighted by molar-refractivity contribution is -0.123. The van der Waals surface area contributed by atoms with Crippen LogP contribution in [-0.2, 0) is 10.2 Å². The van der Waals surface area contributed by atoms with Gasteiger partial charge in [-0.1, -0.05) is 16.8 Å². The molecule has 1 amide bonds. The molecule has 0 aliphatic rings. The molecule has 2 N–H and O–H groups in total.